The van der Waals surface area contributed by atoms with E-state index in [-0.39, 0.29) is 18.0 Å². The SMILES string of the molecule is COC(=O)/C=C/CNC(=O)C(=O)c1ccc2c(c1)CCC(=O)N2. The van der Waals surface area contributed by atoms with Crippen molar-refractivity contribution in [2.45, 2.75) is 12.8 Å². The molecular weight excluding hydrogens is 300 g/mol. The van der Waals surface area contributed by atoms with E-state index in [0.717, 1.165) is 11.6 Å². The lowest BCUT2D eigenvalue weighted by molar-refractivity contribution is -0.134. The van der Waals surface area contributed by atoms with Gasteiger partial charge in [0.25, 0.3) is 5.91 Å². The summed E-state index contributed by atoms with van der Waals surface area (Å²) in [5.74, 6) is -2.04. The number of rotatable bonds is 5. The minimum Gasteiger partial charge on any atom is -0.466 e. The molecule has 0 saturated heterocycles. The third-order valence-electron chi connectivity index (χ3n) is 3.30. The van der Waals surface area contributed by atoms with Crippen LogP contribution >= 0.6 is 0 Å². The van der Waals surface area contributed by atoms with Crippen LogP contribution in [0.5, 0.6) is 0 Å². The predicted octanol–water partition coefficient (Wildman–Crippen LogP) is 0.599. The second kappa shape index (κ2) is 7.35. The molecular formula is C16H16N2O5. The minimum absolute atomic E-state index is 0.0423. The average Bonchev–Trinajstić information content (AvgIpc) is 2.57. The van der Waals surface area contributed by atoms with Gasteiger partial charge in [-0.25, -0.2) is 4.79 Å². The monoisotopic (exact) mass is 316 g/mol. The van der Waals surface area contributed by atoms with Gasteiger partial charge < -0.3 is 15.4 Å². The van der Waals surface area contributed by atoms with E-state index in [4.69, 9.17) is 0 Å². The minimum atomic E-state index is -0.765. The molecule has 1 heterocycles. The predicted molar refractivity (Wildman–Crippen MR) is 81.9 cm³/mol. The molecule has 2 amide bonds. The number of nitrogens with one attached hydrogen (secondary N) is 2. The molecule has 0 saturated carbocycles. The van der Waals surface area contributed by atoms with Crippen molar-refractivity contribution < 1.29 is 23.9 Å². The molecule has 0 unspecified atom stereocenters. The molecule has 0 aliphatic carbocycles. The van der Waals surface area contributed by atoms with Gasteiger partial charge in [0.2, 0.25) is 11.7 Å². The number of esters is 1. The quantitative estimate of drug-likeness (QED) is 0.358. The van der Waals surface area contributed by atoms with Crippen LogP contribution in [0.4, 0.5) is 5.69 Å². The molecule has 1 aromatic carbocycles. The van der Waals surface area contributed by atoms with Crippen molar-refractivity contribution in [2.24, 2.45) is 0 Å². The number of anilines is 1. The number of ketones is 1. The van der Waals surface area contributed by atoms with Crippen molar-refractivity contribution in [1.29, 1.82) is 0 Å². The standard InChI is InChI=1S/C16H16N2O5/c1-23-14(20)3-2-8-17-16(22)15(21)11-4-6-12-10(9-11)5-7-13(19)18-12/h2-4,6,9H,5,7-8H2,1H3,(H,17,22)(H,18,19)/b3-2+. The van der Waals surface area contributed by atoms with E-state index in [1.807, 2.05) is 0 Å². The van der Waals surface area contributed by atoms with Gasteiger partial charge in [0.1, 0.15) is 0 Å². The first kappa shape index (κ1) is 16.4. The number of aryl methyl sites for hydroxylation is 1. The van der Waals surface area contributed by atoms with E-state index in [1.54, 1.807) is 12.1 Å². The molecule has 120 valence electrons. The second-order valence-corrected chi connectivity index (χ2v) is 4.88. The Morgan fingerprint density at radius 3 is 2.83 bits per heavy atom. The van der Waals surface area contributed by atoms with Crippen molar-refractivity contribution in [3.8, 4) is 0 Å². The lowest BCUT2D eigenvalue weighted by Gasteiger charge is -2.17. The van der Waals surface area contributed by atoms with Gasteiger partial charge in [-0.05, 0) is 30.2 Å². The zero-order valence-electron chi connectivity index (χ0n) is 12.5. The van der Waals surface area contributed by atoms with Crippen LogP contribution in [0, 0.1) is 0 Å². The first-order chi connectivity index (χ1) is 11.0. The molecule has 0 bridgehead atoms. The van der Waals surface area contributed by atoms with Crippen molar-refractivity contribution in [2.75, 3.05) is 19.0 Å². The fraction of sp³-hybridized carbons (Fsp3) is 0.250. The Hall–Kier alpha value is -2.96. The maximum atomic E-state index is 12.1. The Labute approximate surface area is 132 Å². The van der Waals surface area contributed by atoms with Crippen LogP contribution in [0.1, 0.15) is 22.3 Å². The highest BCUT2D eigenvalue weighted by Gasteiger charge is 2.20. The zero-order chi connectivity index (χ0) is 16.8. The molecule has 1 aliphatic rings. The average molecular weight is 316 g/mol. The van der Waals surface area contributed by atoms with Crippen LogP contribution in [-0.4, -0.2) is 37.2 Å². The van der Waals surface area contributed by atoms with Gasteiger partial charge in [0.15, 0.2) is 0 Å². The number of benzene rings is 1. The van der Waals surface area contributed by atoms with Gasteiger partial charge in [0, 0.05) is 30.3 Å². The third kappa shape index (κ3) is 4.26. The fourth-order valence-corrected chi connectivity index (χ4v) is 2.11. The van der Waals surface area contributed by atoms with E-state index < -0.39 is 17.7 Å². The molecule has 7 heteroatoms. The van der Waals surface area contributed by atoms with Gasteiger partial charge in [-0.2, -0.15) is 0 Å². The number of carbonyl (C=O) groups excluding carboxylic acids is 4. The summed E-state index contributed by atoms with van der Waals surface area (Å²) >= 11 is 0. The maximum Gasteiger partial charge on any atom is 0.330 e. The summed E-state index contributed by atoms with van der Waals surface area (Å²) in [7, 11) is 1.24. The van der Waals surface area contributed by atoms with Gasteiger partial charge in [-0.1, -0.05) is 6.08 Å². The van der Waals surface area contributed by atoms with Crippen LogP contribution in [0.25, 0.3) is 0 Å². The Kier molecular flexibility index (Phi) is 5.24. The molecule has 0 spiro atoms. The van der Waals surface area contributed by atoms with Crippen molar-refractivity contribution >= 4 is 29.3 Å². The van der Waals surface area contributed by atoms with E-state index in [9.17, 15) is 19.2 Å². The van der Waals surface area contributed by atoms with E-state index in [2.05, 4.69) is 15.4 Å². The smallest absolute Gasteiger partial charge is 0.330 e. The van der Waals surface area contributed by atoms with Gasteiger partial charge in [-0.3, -0.25) is 14.4 Å². The summed E-state index contributed by atoms with van der Waals surface area (Å²) in [6.07, 6.45) is 3.44. The molecule has 2 rings (SSSR count). The van der Waals surface area contributed by atoms with Gasteiger partial charge >= 0.3 is 5.97 Å². The first-order valence-electron chi connectivity index (χ1n) is 7.01. The highest BCUT2D eigenvalue weighted by molar-refractivity contribution is 6.42. The lowest BCUT2D eigenvalue weighted by Crippen LogP contribution is -2.31. The summed E-state index contributed by atoms with van der Waals surface area (Å²) in [5, 5.41) is 5.10. The summed E-state index contributed by atoms with van der Waals surface area (Å²) in [6, 6.07) is 4.72. The van der Waals surface area contributed by atoms with Crippen LogP contribution in [0.2, 0.25) is 0 Å². The lowest BCUT2D eigenvalue weighted by atomic mass is 9.98. The van der Waals surface area contributed by atoms with Crippen LogP contribution < -0.4 is 10.6 Å². The Morgan fingerprint density at radius 1 is 1.30 bits per heavy atom. The third-order valence-corrected chi connectivity index (χ3v) is 3.30. The largest absolute Gasteiger partial charge is 0.466 e. The second-order valence-electron chi connectivity index (χ2n) is 4.88. The summed E-state index contributed by atoms with van der Waals surface area (Å²) in [4.78, 5) is 46.0. The number of hydrogen-bond acceptors (Lipinski definition) is 5. The number of methoxy groups -OCH3 is 1. The Bertz CT molecular complexity index is 694. The molecule has 0 atom stereocenters. The van der Waals surface area contributed by atoms with E-state index in [1.165, 1.54) is 19.3 Å². The van der Waals surface area contributed by atoms with Crippen molar-refractivity contribution in [3.63, 3.8) is 0 Å². The zero-order valence-corrected chi connectivity index (χ0v) is 12.5. The summed E-state index contributed by atoms with van der Waals surface area (Å²) in [5.41, 5.74) is 1.75. The number of amides is 2. The highest BCUT2D eigenvalue weighted by Crippen LogP contribution is 2.23. The summed E-state index contributed by atoms with van der Waals surface area (Å²) < 4.78 is 4.40. The Balaban J connectivity index is 1.97. The van der Waals surface area contributed by atoms with Gasteiger partial charge in [-0.15, -0.1) is 0 Å². The van der Waals surface area contributed by atoms with E-state index in [0.29, 0.717) is 18.5 Å². The Morgan fingerprint density at radius 2 is 2.09 bits per heavy atom. The number of hydrogen-bond donors (Lipinski definition) is 2. The first-order valence-corrected chi connectivity index (χ1v) is 7.01. The summed E-state index contributed by atoms with van der Waals surface area (Å²) in [6.45, 7) is 0.0423. The van der Waals surface area contributed by atoms with E-state index >= 15 is 0 Å². The molecule has 2 N–H and O–H groups in total. The number of ether oxygens (including phenoxy) is 1. The molecule has 7 nitrogen and oxygen atoms in total. The number of Topliss-reactive ketones (excluding diaryl/α,β-unsaturated/α-hetero) is 1. The number of carbonyl (C=O) groups is 4. The normalized spacial score (nSPS) is 13.2. The van der Waals surface area contributed by atoms with Gasteiger partial charge in [0.05, 0.1) is 7.11 Å². The molecule has 0 radical (unpaired) electrons. The molecule has 0 aromatic heterocycles. The fourth-order valence-electron chi connectivity index (χ4n) is 2.11. The molecule has 1 aromatic rings. The number of fused-ring (bicyclic) bond motifs is 1. The van der Waals surface area contributed by atoms with Crippen LogP contribution in [0.15, 0.2) is 30.4 Å². The molecule has 0 fully saturated rings. The topological polar surface area (TPSA) is 102 Å². The highest BCUT2D eigenvalue weighted by atomic mass is 16.5. The van der Waals surface area contributed by atoms with Crippen molar-refractivity contribution in [3.05, 3.63) is 41.5 Å². The van der Waals surface area contributed by atoms with Crippen LogP contribution in [0.3, 0.4) is 0 Å². The molecule has 1 aliphatic heterocycles. The van der Waals surface area contributed by atoms with Crippen molar-refractivity contribution in [1.82, 2.24) is 5.32 Å². The van der Waals surface area contributed by atoms with Crippen LogP contribution in [-0.2, 0) is 25.5 Å². The molecule has 23 heavy (non-hydrogen) atoms. The maximum absolute atomic E-state index is 12.1.